The molecule has 1 atom stereocenters. The lowest BCUT2D eigenvalue weighted by Gasteiger charge is -2.38. The lowest BCUT2D eigenvalue weighted by atomic mass is 10.1. The van der Waals surface area contributed by atoms with Gasteiger partial charge in [0.25, 0.3) is 0 Å². The molecule has 1 aromatic heterocycles. The Hall–Kier alpha value is -4.30. The second kappa shape index (κ2) is 15.3. The van der Waals surface area contributed by atoms with E-state index in [1.165, 1.54) is 21.2 Å². The SMILES string of the molecule is CC(C)N(C[C@@H](COc1cccc2[nH]c3ccccc3c12)OP(c1ccccc1)c1ccccc1)P(c1ccccc1)c1ccccc1. The average Bonchev–Trinajstić information content (AvgIpc) is 3.53. The molecule has 48 heavy (non-hydrogen) atoms. The predicted molar refractivity (Wildman–Crippen MR) is 206 cm³/mol. The molecule has 4 nitrogen and oxygen atoms in total. The topological polar surface area (TPSA) is 37.5 Å². The highest BCUT2D eigenvalue weighted by molar-refractivity contribution is 7.70. The van der Waals surface area contributed by atoms with Crippen molar-refractivity contribution in [1.29, 1.82) is 0 Å². The van der Waals surface area contributed by atoms with Crippen LogP contribution in [0, 0.1) is 0 Å². The van der Waals surface area contributed by atoms with Gasteiger partial charge in [-0.15, -0.1) is 0 Å². The summed E-state index contributed by atoms with van der Waals surface area (Å²) in [6, 6.07) is 58.1. The molecule has 0 aliphatic heterocycles. The fourth-order valence-electron chi connectivity index (χ4n) is 6.15. The highest BCUT2D eigenvalue weighted by atomic mass is 31.1. The third-order valence-electron chi connectivity index (χ3n) is 8.40. The Kier molecular flexibility index (Phi) is 10.3. The highest BCUT2D eigenvalue weighted by Crippen LogP contribution is 2.43. The van der Waals surface area contributed by atoms with Gasteiger partial charge in [-0.3, -0.25) is 4.67 Å². The van der Waals surface area contributed by atoms with Crippen molar-refractivity contribution in [3.8, 4) is 5.75 Å². The quantitative estimate of drug-likeness (QED) is 0.125. The van der Waals surface area contributed by atoms with Crippen molar-refractivity contribution in [3.63, 3.8) is 0 Å². The molecule has 0 unspecified atom stereocenters. The molecule has 6 heteroatoms. The fraction of sp³-hybridized carbons (Fsp3) is 0.143. The number of nitrogens with zero attached hydrogens (tertiary/aromatic N) is 1. The molecule has 0 saturated heterocycles. The molecule has 1 heterocycles. The zero-order valence-electron chi connectivity index (χ0n) is 27.3. The van der Waals surface area contributed by atoms with Crippen LogP contribution in [0.3, 0.4) is 0 Å². The Morgan fingerprint density at radius 2 is 1.06 bits per heavy atom. The van der Waals surface area contributed by atoms with Crippen molar-refractivity contribution in [3.05, 3.63) is 164 Å². The molecule has 0 fully saturated rings. The molecule has 7 aromatic rings. The minimum absolute atomic E-state index is 0.225. The third kappa shape index (κ3) is 7.24. The Morgan fingerprint density at radius 1 is 0.562 bits per heavy atom. The number of hydrogen-bond donors (Lipinski definition) is 1. The summed E-state index contributed by atoms with van der Waals surface area (Å²) in [4.78, 5) is 3.57. The minimum atomic E-state index is -1.11. The highest BCUT2D eigenvalue weighted by Gasteiger charge is 2.30. The largest absolute Gasteiger partial charge is 0.490 e. The average molecular weight is 667 g/mol. The predicted octanol–water partition coefficient (Wildman–Crippen LogP) is 8.89. The molecule has 6 aromatic carbocycles. The van der Waals surface area contributed by atoms with E-state index in [0.717, 1.165) is 27.6 Å². The fourth-order valence-corrected chi connectivity index (χ4v) is 10.6. The van der Waals surface area contributed by atoms with Crippen molar-refractivity contribution >= 4 is 59.2 Å². The summed E-state index contributed by atoms with van der Waals surface area (Å²) in [7, 11) is -1.94. The summed E-state index contributed by atoms with van der Waals surface area (Å²) in [5.74, 6) is 0.867. The smallest absolute Gasteiger partial charge is 0.129 e. The Labute approximate surface area is 286 Å². The van der Waals surface area contributed by atoms with E-state index in [2.05, 4.69) is 187 Å². The first-order valence-corrected chi connectivity index (χ1v) is 19.1. The first kappa shape index (κ1) is 32.3. The van der Waals surface area contributed by atoms with Crippen molar-refractivity contribution in [2.45, 2.75) is 26.0 Å². The van der Waals surface area contributed by atoms with Crippen molar-refractivity contribution in [1.82, 2.24) is 9.65 Å². The number of H-pyrrole nitrogens is 1. The van der Waals surface area contributed by atoms with E-state index in [-0.39, 0.29) is 12.1 Å². The third-order valence-corrected chi connectivity index (χ3v) is 13.2. The van der Waals surface area contributed by atoms with E-state index in [9.17, 15) is 0 Å². The van der Waals surface area contributed by atoms with Gasteiger partial charge in [-0.1, -0.05) is 146 Å². The van der Waals surface area contributed by atoms with Crippen LogP contribution >= 0.6 is 16.2 Å². The molecule has 0 aliphatic rings. The van der Waals surface area contributed by atoms with Crippen molar-refractivity contribution in [2.75, 3.05) is 13.2 Å². The van der Waals surface area contributed by atoms with Crippen LogP contribution in [0.15, 0.2) is 164 Å². The van der Waals surface area contributed by atoms with Crippen LogP contribution in [0.2, 0.25) is 0 Å². The van der Waals surface area contributed by atoms with E-state index in [1.807, 2.05) is 0 Å². The van der Waals surface area contributed by atoms with Crippen LogP contribution in [0.1, 0.15) is 13.8 Å². The van der Waals surface area contributed by atoms with Crippen LogP contribution in [0.4, 0.5) is 0 Å². The van der Waals surface area contributed by atoms with Crippen LogP contribution in [-0.2, 0) is 4.52 Å². The number of aromatic nitrogens is 1. The van der Waals surface area contributed by atoms with E-state index >= 15 is 0 Å². The van der Waals surface area contributed by atoms with Gasteiger partial charge in [-0.25, -0.2) is 0 Å². The first-order chi connectivity index (χ1) is 23.7. The van der Waals surface area contributed by atoms with Crippen LogP contribution in [0.25, 0.3) is 21.8 Å². The zero-order chi connectivity index (χ0) is 32.7. The Morgan fingerprint density at radius 3 is 1.62 bits per heavy atom. The van der Waals surface area contributed by atoms with Gasteiger partial charge in [0.05, 0.1) is 13.7 Å². The van der Waals surface area contributed by atoms with Gasteiger partial charge in [-0.2, -0.15) is 0 Å². The molecule has 0 radical (unpaired) electrons. The summed E-state index contributed by atoms with van der Waals surface area (Å²) < 4.78 is 16.8. The summed E-state index contributed by atoms with van der Waals surface area (Å²) in [5.41, 5.74) is 2.18. The van der Waals surface area contributed by atoms with Gasteiger partial charge in [0, 0.05) is 47.6 Å². The summed E-state index contributed by atoms with van der Waals surface area (Å²) in [6.45, 7) is 5.70. The minimum Gasteiger partial charge on any atom is -0.490 e. The summed E-state index contributed by atoms with van der Waals surface area (Å²) in [5, 5.41) is 7.29. The van der Waals surface area contributed by atoms with E-state index in [0.29, 0.717) is 13.2 Å². The summed E-state index contributed by atoms with van der Waals surface area (Å²) >= 11 is 0. The molecule has 7 rings (SSSR count). The second-order valence-electron chi connectivity index (χ2n) is 12.1. The van der Waals surface area contributed by atoms with E-state index < -0.39 is 16.2 Å². The molecule has 240 valence electrons. The maximum absolute atomic E-state index is 7.33. The molecular formula is C42H40N2O2P2. The number of nitrogens with one attached hydrogen (secondary N) is 1. The standard InChI is InChI=1S/C42H40N2O2P2/c1-32(2)44(47(34-18-7-3-8-19-34)35-20-9-4-10-21-35)30-33(46-48(36-22-11-5-12-23-36)37-24-13-6-14-25-37)31-45-41-29-17-28-40-42(41)38-26-15-16-27-39(38)43-40/h3-29,32-33,43H,30-31H2,1-2H3/t33-/m0/s1. The number of hydrogen-bond acceptors (Lipinski definition) is 3. The maximum atomic E-state index is 7.33. The van der Waals surface area contributed by atoms with Crippen LogP contribution < -0.4 is 26.0 Å². The van der Waals surface area contributed by atoms with Gasteiger partial charge in [-0.05, 0) is 42.7 Å². The normalized spacial score (nSPS) is 12.5. The van der Waals surface area contributed by atoms with Gasteiger partial charge in [0.2, 0.25) is 0 Å². The maximum Gasteiger partial charge on any atom is 0.129 e. The number of ether oxygens (including phenoxy) is 1. The lowest BCUT2D eigenvalue weighted by molar-refractivity contribution is 0.120. The number of aromatic amines is 1. The monoisotopic (exact) mass is 666 g/mol. The molecule has 0 bridgehead atoms. The first-order valence-electron chi connectivity index (χ1n) is 16.5. The molecule has 0 aliphatic carbocycles. The Balaban J connectivity index is 1.28. The zero-order valence-corrected chi connectivity index (χ0v) is 29.1. The molecule has 0 saturated carbocycles. The second-order valence-corrected chi connectivity index (χ2v) is 16.1. The van der Waals surface area contributed by atoms with Gasteiger partial charge in [0.1, 0.15) is 18.5 Å². The number of rotatable bonds is 13. The molecule has 0 amide bonds. The molecular weight excluding hydrogens is 626 g/mol. The van der Waals surface area contributed by atoms with Crippen LogP contribution in [0.5, 0.6) is 5.75 Å². The number of fused-ring (bicyclic) bond motifs is 3. The van der Waals surface area contributed by atoms with Crippen LogP contribution in [-0.4, -0.2) is 35.0 Å². The number of para-hydroxylation sites is 1. The lowest BCUT2D eigenvalue weighted by Crippen LogP contribution is -2.42. The van der Waals surface area contributed by atoms with Crippen molar-refractivity contribution < 1.29 is 9.26 Å². The van der Waals surface area contributed by atoms with E-state index in [4.69, 9.17) is 9.26 Å². The van der Waals surface area contributed by atoms with Gasteiger partial charge in [0.15, 0.2) is 0 Å². The molecule has 0 spiro atoms. The van der Waals surface area contributed by atoms with Gasteiger partial charge >= 0.3 is 0 Å². The number of benzene rings is 6. The summed E-state index contributed by atoms with van der Waals surface area (Å²) in [6.07, 6.45) is -0.225. The van der Waals surface area contributed by atoms with E-state index in [1.54, 1.807) is 0 Å². The van der Waals surface area contributed by atoms with Gasteiger partial charge < -0.3 is 14.2 Å². The molecule has 1 N–H and O–H groups in total. The van der Waals surface area contributed by atoms with Crippen molar-refractivity contribution in [2.24, 2.45) is 0 Å². The Bertz CT molecular complexity index is 1960.